The maximum absolute atomic E-state index is 17.5. The van der Waals surface area contributed by atoms with Crippen LogP contribution in [0.3, 0.4) is 0 Å². The van der Waals surface area contributed by atoms with E-state index in [0.29, 0.717) is 56.0 Å². The van der Waals surface area contributed by atoms with Gasteiger partial charge in [0.05, 0.1) is 32.7 Å². The summed E-state index contributed by atoms with van der Waals surface area (Å²) < 4.78 is 52.5. The lowest BCUT2D eigenvalue weighted by Crippen LogP contribution is -2.52. The molecule has 0 radical (unpaired) electrons. The van der Waals surface area contributed by atoms with E-state index in [1.54, 1.807) is 206 Å². The van der Waals surface area contributed by atoms with E-state index in [2.05, 4.69) is 0 Å². The minimum Gasteiger partial charge on any atom is -0.492 e. The van der Waals surface area contributed by atoms with Gasteiger partial charge in [0.15, 0.2) is 0 Å². The van der Waals surface area contributed by atoms with Crippen molar-refractivity contribution in [3.8, 4) is 45.5 Å². The van der Waals surface area contributed by atoms with Crippen LogP contribution in [0.2, 0.25) is 0 Å². The molecule has 0 saturated carbocycles. The van der Waals surface area contributed by atoms with E-state index in [-0.39, 0.29) is 98.5 Å². The molecule has 18 nitrogen and oxygen atoms in total. The molecule has 0 saturated heterocycles. The standard InChI is InChI=1S/C85H62N4O14S4/c1-3-35-96-65-39-61(37-59(43-86)44-87)104-73(65)63-41-67-69(83(63,77(90)98-47-53-23-11-5-12-24-53)78(91)99-48-54-25-13-6-14-26-54)71-75(106-67)76-72(85(71,81(94)102-51-57-31-19-9-20-32-57)82(95)103-52-58-33-21-10-22-34-58)70-68(107-76)42-64(74-66(97-36-4-2)40-62(105-74)38-60(45-88)46-89)84(70,79(92)100-49-55-27-15-7-16-28-55)80(93)101-50-56-29-17-8-18-30-56/h5-34,37-42H,3-4,35-36,47-52H2,1-2H3. The van der Waals surface area contributed by atoms with Crippen LogP contribution in [0, 0.1) is 45.3 Å². The number of nitrogens with zero attached hydrogens (tertiary/aromatic N) is 4. The van der Waals surface area contributed by atoms with Crippen LogP contribution in [0.5, 0.6) is 11.5 Å². The number of hydrogen-bond acceptors (Lipinski definition) is 22. The normalized spacial score (nSPS) is 13.3. The van der Waals surface area contributed by atoms with E-state index in [1.165, 1.54) is 12.2 Å². The zero-order valence-electron chi connectivity index (χ0n) is 57.5. The van der Waals surface area contributed by atoms with Crippen molar-refractivity contribution in [3.05, 3.63) is 290 Å². The summed E-state index contributed by atoms with van der Waals surface area (Å²) in [5.41, 5.74) is -8.11. The molecule has 10 aromatic rings. The molecule has 0 N–H and O–H groups in total. The van der Waals surface area contributed by atoms with Crippen molar-refractivity contribution in [1.82, 2.24) is 0 Å². The first-order valence-electron chi connectivity index (χ1n) is 33.9. The zero-order chi connectivity index (χ0) is 74.7. The van der Waals surface area contributed by atoms with Gasteiger partial charge in [0.25, 0.3) is 0 Å². The molecule has 0 amide bonds. The molecule has 0 fully saturated rings. The van der Waals surface area contributed by atoms with Gasteiger partial charge in [-0.3, -0.25) is 28.8 Å². The lowest BCUT2D eigenvalue weighted by Gasteiger charge is -2.35. The second-order valence-corrected chi connectivity index (χ2v) is 29.0. The van der Waals surface area contributed by atoms with Gasteiger partial charge in [-0.2, -0.15) is 21.0 Å². The van der Waals surface area contributed by atoms with Crippen LogP contribution in [-0.4, -0.2) is 49.0 Å². The Balaban J connectivity index is 1.17. The van der Waals surface area contributed by atoms with E-state index in [4.69, 9.17) is 37.9 Å². The minimum atomic E-state index is -3.14. The van der Waals surface area contributed by atoms with Gasteiger partial charge in [0.2, 0.25) is 16.2 Å². The summed E-state index contributed by atoms with van der Waals surface area (Å²) in [5.74, 6) is -7.46. The number of rotatable bonds is 28. The van der Waals surface area contributed by atoms with Crippen LogP contribution >= 0.6 is 45.3 Å². The third-order valence-corrected chi connectivity index (χ3v) is 22.6. The Labute approximate surface area is 631 Å². The highest BCUT2D eigenvalue weighted by Crippen LogP contribution is 2.70. The summed E-state index contributed by atoms with van der Waals surface area (Å²) in [6.45, 7) is 1.15. The quantitative estimate of drug-likeness (QED) is 0.0191. The minimum absolute atomic E-state index is 0.0926. The molecule has 4 heterocycles. The highest BCUT2D eigenvalue weighted by Gasteiger charge is 2.72. The average molecular weight is 1490 g/mol. The Morgan fingerprint density at radius 3 is 0.841 bits per heavy atom. The van der Waals surface area contributed by atoms with Crippen molar-refractivity contribution in [3.63, 3.8) is 0 Å². The van der Waals surface area contributed by atoms with Crippen molar-refractivity contribution in [2.24, 2.45) is 0 Å². The number of fused-ring (bicyclic) bond motifs is 7. The molecule has 0 spiro atoms. The molecule has 0 aliphatic heterocycles. The number of allylic oxidation sites excluding steroid dienone is 2. The van der Waals surface area contributed by atoms with E-state index < -0.39 is 91.7 Å². The molecular weight excluding hydrogens is 1430 g/mol. The second-order valence-electron chi connectivity index (χ2n) is 24.8. The SMILES string of the molecule is CCCOc1cc(C=C(C#N)C#N)sc1C1=Cc2sc3c(c2C1(C(=O)OCc1ccccc1)C(=O)OCc1ccccc1)C(C(=O)OCc1ccccc1)(C(=O)OCc1ccccc1)c1c-3sc2c1C(C(=O)OCc1ccccc1)(C(=O)OCc1ccccc1)C(c1sc(C=C(C#N)C#N)cc1OCCC)=C2. The summed E-state index contributed by atoms with van der Waals surface area (Å²) in [6.07, 6.45) is 6.75. The number of thiophene rings is 4. The van der Waals surface area contributed by atoms with Gasteiger partial charge in [-0.05, 0) is 82.7 Å². The number of carbonyl (C=O) groups excluding carboxylic acids is 6. The molecule has 4 aromatic heterocycles. The number of hydrogen-bond donors (Lipinski definition) is 0. The van der Waals surface area contributed by atoms with Gasteiger partial charge >= 0.3 is 35.8 Å². The first-order valence-corrected chi connectivity index (χ1v) is 37.2. The van der Waals surface area contributed by atoms with Crippen molar-refractivity contribution in [2.75, 3.05) is 13.2 Å². The van der Waals surface area contributed by atoms with Crippen LogP contribution in [0.25, 0.3) is 45.2 Å². The van der Waals surface area contributed by atoms with Crippen LogP contribution in [0.15, 0.2) is 205 Å². The number of carbonyl (C=O) groups is 6. The lowest BCUT2D eigenvalue weighted by atomic mass is 9.66. The molecule has 0 atom stereocenters. The monoisotopic (exact) mass is 1490 g/mol. The van der Waals surface area contributed by atoms with E-state index in [0.717, 1.165) is 45.3 Å². The molecule has 107 heavy (non-hydrogen) atoms. The summed E-state index contributed by atoms with van der Waals surface area (Å²) in [5, 5.41) is 40.6. The Hall–Kier alpha value is -12.5. The summed E-state index contributed by atoms with van der Waals surface area (Å²) in [7, 11) is 0. The predicted octanol–water partition coefficient (Wildman–Crippen LogP) is 16.7. The molecule has 13 rings (SSSR count). The van der Waals surface area contributed by atoms with Crippen molar-refractivity contribution in [2.45, 2.75) is 82.6 Å². The van der Waals surface area contributed by atoms with Crippen LogP contribution < -0.4 is 9.47 Å². The number of esters is 6. The Kier molecular flexibility index (Phi) is 21.9. The molecule has 6 aromatic carbocycles. The van der Waals surface area contributed by atoms with E-state index in [1.807, 2.05) is 38.1 Å². The Morgan fingerprint density at radius 1 is 0.346 bits per heavy atom. The van der Waals surface area contributed by atoms with Crippen molar-refractivity contribution >= 4 is 117 Å². The molecule has 0 unspecified atom stereocenters. The molecule has 530 valence electrons. The number of benzene rings is 6. The maximum atomic E-state index is 17.5. The first kappa shape index (κ1) is 72.8. The molecule has 3 aliphatic rings. The van der Waals surface area contributed by atoms with Gasteiger partial charge in [0.1, 0.15) is 86.6 Å². The average Bonchev–Trinajstić information content (AvgIpc) is 1.48. The highest BCUT2D eigenvalue weighted by atomic mass is 32.1. The fourth-order valence-electron chi connectivity index (χ4n) is 13.1. The maximum Gasteiger partial charge on any atom is 0.333 e. The smallest absolute Gasteiger partial charge is 0.333 e. The number of nitriles is 4. The van der Waals surface area contributed by atoms with Gasteiger partial charge in [-0.1, -0.05) is 196 Å². The topological polar surface area (TPSA) is 271 Å². The third-order valence-electron chi connectivity index (χ3n) is 18.0. The fraction of sp³-hybridized carbons (Fsp3) is 0.176. The molecular formula is C85H62N4O14S4. The highest BCUT2D eigenvalue weighted by molar-refractivity contribution is 7.24. The largest absolute Gasteiger partial charge is 0.492 e. The summed E-state index contributed by atoms with van der Waals surface area (Å²) >= 11 is 3.91. The van der Waals surface area contributed by atoms with Crippen LogP contribution in [-0.2, 0) is 113 Å². The van der Waals surface area contributed by atoms with Gasteiger partial charge in [-0.25, -0.2) is 0 Å². The summed E-state index contributed by atoms with van der Waals surface area (Å²) in [4.78, 5) is 104. The fourth-order valence-corrected chi connectivity index (χ4v) is 18.2. The lowest BCUT2D eigenvalue weighted by molar-refractivity contribution is -0.167. The number of ether oxygens (including phenoxy) is 8. The molecule has 3 aliphatic carbocycles. The third kappa shape index (κ3) is 13.9. The second kappa shape index (κ2) is 32.2. The zero-order valence-corrected chi connectivity index (χ0v) is 60.8. The first-order chi connectivity index (χ1) is 52.2. The van der Waals surface area contributed by atoms with Crippen LogP contribution in [0.1, 0.15) is 112 Å². The van der Waals surface area contributed by atoms with Gasteiger partial charge < -0.3 is 37.9 Å². The Bertz CT molecular complexity index is 4920. The molecule has 22 heteroatoms. The Morgan fingerprint density at radius 2 is 0.598 bits per heavy atom. The van der Waals surface area contributed by atoms with Crippen molar-refractivity contribution < 1.29 is 66.7 Å². The van der Waals surface area contributed by atoms with Gasteiger partial charge in [-0.15, -0.1) is 45.3 Å². The van der Waals surface area contributed by atoms with Gasteiger partial charge in [0, 0.05) is 52.9 Å². The van der Waals surface area contributed by atoms with E-state index in [9.17, 15) is 21.0 Å². The summed E-state index contributed by atoms with van der Waals surface area (Å²) in [6, 6.07) is 62.7. The molecule has 0 bridgehead atoms. The van der Waals surface area contributed by atoms with Crippen LogP contribution in [0.4, 0.5) is 0 Å². The van der Waals surface area contributed by atoms with E-state index >= 15 is 28.8 Å². The predicted molar refractivity (Wildman–Crippen MR) is 404 cm³/mol. The van der Waals surface area contributed by atoms with Crippen molar-refractivity contribution in [1.29, 1.82) is 21.0 Å².